The van der Waals surface area contributed by atoms with E-state index in [2.05, 4.69) is 51.5 Å². The third kappa shape index (κ3) is 4.88. The molecule has 0 bridgehead atoms. The molecule has 28 heavy (non-hydrogen) atoms. The highest BCUT2D eigenvalue weighted by atomic mass is 16.3. The summed E-state index contributed by atoms with van der Waals surface area (Å²) in [6.45, 7) is 8.27. The average Bonchev–Trinajstić information content (AvgIpc) is 3.21. The van der Waals surface area contributed by atoms with Crippen LogP contribution in [0.4, 0.5) is 17.2 Å². The van der Waals surface area contributed by atoms with E-state index in [4.69, 9.17) is 4.42 Å². The summed E-state index contributed by atoms with van der Waals surface area (Å²) in [6.07, 6.45) is 1.57. The lowest BCUT2D eigenvalue weighted by molar-refractivity contribution is 0.0942. The second kappa shape index (κ2) is 9.03. The predicted octanol–water partition coefficient (Wildman–Crippen LogP) is 3.90. The lowest BCUT2D eigenvalue weighted by atomic mass is 10.2. The summed E-state index contributed by atoms with van der Waals surface area (Å²) in [4.78, 5) is 23.3. The Balaban J connectivity index is 1.69. The molecule has 0 fully saturated rings. The molecule has 0 spiro atoms. The fraction of sp³-hybridized carbons (Fsp3) is 0.286. The van der Waals surface area contributed by atoms with E-state index in [-0.39, 0.29) is 5.91 Å². The molecule has 1 amide bonds. The molecule has 2 heterocycles. The van der Waals surface area contributed by atoms with Crippen molar-refractivity contribution in [3.05, 3.63) is 66.0 Å². The van der Waals surface area contributed by atoms with Gasteiger partial charge in [0.1, 0.15) is 23.1 Å². The molecule has 7 nitrogen and oxygen atoms in total. The fourth-order valence-electron chi connectivity index (χ4n) is 2.91. The van der Waals surface area contributed by atoms with Crippen LogP contribution in [0, 0.1) is 6.92 Å². The van der Waals surface area contributed by atoms with E-state index < -0.39 is 0 Å². The van der Waals surface area contributed by atoms with Crippen molar-refractivity contribution in [3.8, 4) is 0 Å². The Hall–Kier alpha value is -3.35. The molecule has 3 rings (SSSR count). The molecule has 3 aromatic rings. The van der Waals surface area contributed by atoms with Gasteiger partial charge in [0.15, 0.2) is 0 Å². The van der Waals surface area contributed by atoms with Crippen LogP contribution in [0.5, 0.6) is 0 Å². The lowest BCUT2D eigenvalue weighted by Crippen LogP contribution is -2.24. The second-order valence-corrected chi connectivity index (χ2v) is 6.29. The first kappa shape index (κ1) is 19.4. The smallest absolute Gasteiger partial charge is 0.270 e. The van der Waals surface area contributed by atoms with Gasteiger partial charge in [-0.25, -0.2) is 9.97 Å². The van der Waals surface area contributed by atoms with Crippen LogP contribution in [0.25, 0.3) is 0 Å². The molecule has 0 saturated carbocycles. The van der Waals surface area contributed by atoms with E-state index in [1.807, 2.05) is 12.1 Å². The molecule has 0 aliphatic carbocycles. The Morgan fingerprint density at radius 3 is 2.50 bits per heavy atom. The zero-order chi connectivity index (χ0) is 19.9. The number of aromatic nitrogens is 2. The van der Waals surface area contributed by atoms with Gasteiger partial charge in [-0.15, -0.1) is 0 Å². The molecule has 1 aromatic carbocycles. The van der Waals surface area contributed by atoms with Crippen LogP contribution in [0.2, 0.25) is 0 Å². The van der Waals surface area contributed by atoms with Crippen LogP contribution < -0.4 is 15.5 Å². The highest BCUT2D eigenvalue weighted by Gasteiger charge is 2.11. The van der Waals surface area contributed by atoms with Crippen LogP contribution in [0.15, 0.2) is 53.1 Å². The van der Waals surface area contributed by atoms with E-state index in [0.717, 1.165) is 18.8 Å². The van der Waals surface area contributed by atoms with E-state index >= 15 is 0 Å². The van der Waals surface area contributed by atoms with Crippen LogP contribution in [-0.2, 0) is 6.54 Å². The van der Waals surface area contributed by atoms with Crippen molar-refractivity contribution in [3.63, 3.8) is 0 Å². The minimum absolute atomic E-state index is 0.276. The van der Waals surface area contributed by atoms with Gasteiger partial charge < -0.3 is 20.0 Å². The fourth-order valence-corrected chi connectivity index (χ4v) is 2.91. The highest BCUT2D eigenvalue weighted by Crippen LogP contribution is 2.20. The van der Waals surface area contributed by atoms with Crippen molar-refractivity contribution in [2.75, 3.05) is 23.3 Å². The van der Waals surface area contributed by atoms with E-state index in [9.17, 15) is 4.79 Å². The van der Waals surface area contributed by atoms with Gasteiger partial charge in [0, 0.05) is 30.5 Å². The molecule has 0 atom stereocenters. The molecule has 146 valence electrons. The van der Waals surface area contributed by atoms with E-state index in [1.54, 1.807) is 31.4 Å². The van der Waals surface area contributed by atoms with Crippen LogP contribution in [0.3, 0.4) is 0 Å². The number of aryl methyl sites for hydroxylation is 1. The van der Waals surface area contributed by atoms with Gasteiger partial charge in [-0.1, -0.05) is 0 Å². The van der Waals surface area contributed by atoms with Crippen LogP contribution >= 0.6 is 0 Å². The number of hydrogen-bond donors (Lipinski definition) is 2. The minimum atomic E-state index is -0.276. The Morgan fingerprint density at radius 2 is 1.86 bits per heavy atom. The van der Waals surface area contributed by atoms with Gasteiger partial charge in [-0.3, -0.25) is 4.79 Å². The van der Waals surface area contributed by atoms with Gasteiger partial charge in [0.2, 0.25) is 0 Å². The largest absolute Gasteiger partial charge is 0.467 e. The maximum atomic E-state index is 12.4. The summed E-state index contributed by atoms with van der Waals surface area (Å²) >= 11 is 0. The number of carbonyl (C=O) groups is 1. The number of carbonyl (C=O) groups excluding carboxylic acids is 1. The molecule has 0 saturated heterocycles. The monoisotopic (exact) mass is 379 g/mol. The first-order chi connectivity index (χ1) is 13.6. The molecule has 0 aliphatic rings. The first-order valence-corrected chi connectivity index (χ1v) is 9.37. The third-order valence-electron chi connectivity index (χ3n) is 4.34. The second-order valence-electron chi connectivity index (χ2n) is 6.29. The maximum Gasteiger partial charge on any atom is 0.270 e. The Labute approximate surface area is 164 Å². The number of nitrogens with zero attached hydrogens (tertiary/aromatic N) is 3. The maximum absolute atomic E-state index is 12.4. The van der Waals surface area contributed by atoms with Crippen molar-refractivity contribution in [1.29, 1.82) is 0 Å². The number of hydrogen-bond acceptors (Lipinski definition) is 6. The molecular formula is C21H25N5O2. The zero-order valence-electron chi connectivity index (χ0n) is 16.4. The minimum Gasteiger partial charge on any atom is -0.467 e. The molecule has 2 aromatic heterocycles. The zero-order valence-corrected chi connectivity index (χ0v) is 16.4. The Morgan fingerprint density at radius 1 is 1.11 bits per heavy atom. The first-order valence-electron chi connectivity index (χ1n) is 9.37. The van der Waals surface area contributed by atoms with Crippen molar-refractivity contribution in [2.24, 2.45) is 0 Å². The van der Waals surface area contributed by atoms with Crippen molar-refractivity contribution >= 4 is 23.1 Å². The standard InChI is InChI=1S/C21H25N5O2/c1-4-26(5-2)17-10-8-16(9-11-17)25-20-13-19(23-15(3)24-20)21(27)22-14-18-7-6-12-28-18/h6-13H,4-5,14H2,1-3H3,(H,22,27)(H,23,24,25). The quantitative estimate of drug-likeness (QED) is 0.618. The van der Waals surface area contributed by atoms with Crippen molar-refractivity contribution < 1.29 is 9.21 Å². The average molecular weight is 379 g/mol. The number of nitrogens with one attached hydrogen (secondary N) is 2. The van der Waals surface area contributed by atoms with Gasteiger partial charge >= 0.3 is 0 Å². The normalized spacial score (nSPS) is 10.5. The van der Waals surface area contributed by atoms with Gasteiger partial charge in [-0.2, -0.15) is 0 Å². The number of furan rings is 1. The predicted molar refractivity (Wildman–Crippen MR) is 110 cm³/mol. The molecular weight excluding hydrogens is 354 g/mol. The number of benzene rings is 1. The molecule has 0 radical (unpaired) electrons. The number of rotatable bonds is 8. The summed E-state index contributed by atoms with van der Waals surface area (Å²) in [5.41, 5.74) is 2.38. The number of anilines is 3. The third-order valence-corrected chi connectivity index (χ3v) is 4.34. The van der Waals surface area contributed by atoms with Crippen molar-refractivity contribution in [2.45, 2.75) is 27.3 Å². The molecule has 0 unspecified atom stereocenters. The topological polar surface area (TPSA) is 83.3 Å². The lowest BCUT2D eigenvalue weighted by Gasteiger charge is -2.21. The SMILES string of the molecule is CCN(CC)c1ccc(Nc2cc(C(=O)NCc3ccco3)nc(C)n2)cc1. The van der Waals surface area contributed by atoms with Gasteiger partial charge in [0.05, 0.1) is 12.8 Å². The Bertz CT molecular complexity index is 903. The molecule has 0 aliphatic heterocycles. The van der Waals surface area contributed by atoms with E-state index in [0.29, 0.717) is 29.6 Å². The summed E-state index contributed by atoms with van der Waals surface area (Å²) in [5, 5.41) is 6.04. The summed E-state index contributed by atoms with van der Waals surface area (Å²) in [6, 6.07) is 13.4. The number of amides is 1. The van der Waals surface area contributed by atoms with Gasteiger partial charge in [0.25, 0.3) is 5.91 Å². The van der Waals surface area contributed by atoms with Crippen molar-refractivity contribution in [1.82, 2.24) is 15.3 Å². The molecule has 7 heteroatoms. The van der Waals surface area contributed by atoms with E-state index in [1.165, 1.54) is 5.69 Å². The summed E-state index contributed by atoms with van der Waals surface area (Å²) in [5.74, 6) is 1.51. The summed E-state index contributed by atoms with van der Waals surface area (Å²) in [7, 11) is 0. The van der Waals surface area contributed by atoms with Crippen LogP contribution in [0.1, 0.15) is 35.9 Å². The van der Waals surface area contributed by atoms with Gasteiger partial charge in [-0.05, 0) is 57.2 Å². The molecule has 2 N–H and O–H groups in total. The highest BCUT2D eigenvalue weighted by molar-refractivity contribution is 5.93. The Kier molecular flexibility index (Phi) is 6.26. The van der Waals surface area contributed by atoms with Crippen LogP contribution in [-0.4, -0.2) is 29.0 Å². The summed E-state index contributed by atoms with van der Waals surface area (Å²) < 4.78 is 5.23.